The lowest BCUT2D eigenvalue weighted by Gasteiger charge is -2.42. The zero-order chi connectivity index (χ0) is 36.0. The first-order chi connectivity index (χ1) is 22.7. The summed E-state index contributed by atoms with van der Waals surface area (Å²) in [6.07, 6.45) is 1.12. The molecule has 0 amide bonds. The summed E-state index contributed by atoms with van der Waals surface area (Å²) in [7, 11) is 2.93. The minimum atomic E-state index is -0.152. The van der Waals surface area contributed by atoms with Gasteiger partial charge < -0.3 is 30.1 Å². The van der Waals surface area contributed by atoms with Gasteiger partial charge in [0, 0.05) is 37.1 Å². The Morgan fingerprint density at radius 2 is 1.36 bits per heavy atom. The van der Waals surface area contributed by atoms with Crippen molar-refractivity contribution in [3.8, 4) is 16.9 Å². The van der Waals surface area contributed by atoms with Crippen molar-refractivity contribution in [1.82, 2.24) is 0 Å². The van der Waals surface area contributed by atoms with Gasteiger partial charge in [0.25, 0.3) is 0 Å². The molecule has 4 aromatic carbocycles. The van der Waals surface area contributed by atoms with E-state index >= 15 is 0 Å². The number of fused-ring (bicyclic) bond motifs is 1. The third-order valence-corrected chi connectivity index (χ3v) is 7.98. The third-order valence-electron chi connectivity index (χ3n) is 7.98. The molecule has 0 aliphatic carbocycles. The van der Waals surface area contributed by atoms with Gasteiger partial charge >= 0.3 is 0 Å². The van der Waals surface area contributed by atoms with E-state index in [1.54, 1.807) is 0 Å². The second kappa shape index (κ2) is 22.5. The average molecular weight is 639 g/mol. The maximum absolute atomic E-state index is 8.00. The Morgan fingerprint density at radius 3 is 1.91 bits per heavy atom. The zero-order valence-electron chi connectivity index (χ0n) is 29.3. The minimum absolute atomic E-state index is 0.152. The molecule has 2 atom stereocenters. The highest BCUT2D eigenvalue weighted by Crippen LogP contribution is 2.45. The Balaban J connectivity index is 0.000000983. The lowest BCUT2D eigenvalue weighted by Crippen LogP contribution is -2.42. The first-order valence-corrected chi connectivity index (χ1v) is 15.5. The highest BCUT2D eigenvalue weighted by atomic mass is 16.5. The molecule has 0 fully saturated rings. The fourth-order valence-electron chi connectivity index (χ4n) is 4.99. The van der Waals surface area contributed by atoms with Crippen LogP contribution < -0.4 is 15.4 Å². The van der Waals surface area contributed by atoms with Crippen LogP contribution in [0.3, 0.4) is 0 Å². The van der Waals surface area contributed by atoms with Crippen molar-refractivity contribution in [3.63, 3.8) is 0 Å². The molecule has 1 aliphatic rings. The van der Waals surface area contributed by atoms with Gasteiger partial charge in [-0.05, 0) is 96.5 Å². The van der Waals surface area contributed by atoms with E-state index in [4.69, 9.17) is 19.4 Å². The first-order valence-electron chi connectivity index (χ1n) is 15.5. The van der Waals surface area contributed by atoms with E-state index < -0.39 is 0 Å². The molecular formula is C41H54N2O4. The van der Waals surface area contributed by atoms with Gasteiger partial charge in [-0.15, -0.1) is 13.2 Å². The number of aliphatic hydroxyl groups excluding tert-OH is 1. The molecule has 1 heterocycles. The van der Waals surface area contributed by atoms with Crippen molar-refractivity contribution in [1.29, 1.82) is 0 Å². The van der Waals surface area contributed by atoms with Crippen LogP contribution >= 0.6 is 0 Å². The Labute approximate surface area is 283 Å². The number of ether oxygens (including phenoxy) is 1. The molecular weight excluding hydrogens is 584 g/mol. The highest BCUT2D eigenvalue weighted by Gasteiger charge is 2.38. The number of benzene rings is 4. The van der Waals surface area contributed by atoms with E-state index in [2.05, 4.69) is 156 Å². The average Bonchev–Trinajstić information content (AvgIpc) is 3.14. The SMILES string of the molecule is C=C.C=C(Nc1cccc(-c2ccccc2)c1)c1ccc2c(c1)C(C)[C@H](C)C(C)(C)O2.C=O.C=O.CCc1ccc(NC)cc1.CO. The molecule has 0 aromatic heterocycles. The maximum atomic E-state index is 8.00. The molecule has 4 aromatic rings. The van der Waals surface area contributed by atoms with Crippen LogP contribution in [0.15, 0.2) is 117 Å². The molecule has 5 rings (SSSR count). The number of carbonyl (C=O) groups excluding carboxylic acids is 2. The first kappa shape index (κ1) is 42.1. The smallest absolute Gasteiger partial charge is 0.123 e. The van der Waals surface area contributed by atoms with Crippen LogP contribution in [-0.4, -0.2) is 38.4 Å². The normalized spacial score (nSPS) is 14.6. The van der Waals surface area contributed by atoms with Gasteiger partial charge in [-0.25, -0.2) is 0 Å². The lowest BCUT2D eigenvalue weighted by atomic mass is 9.76. The molecule has 1 unspecified atom stereocenters. The molecule has 0 saturated heterocycles. The van der Waals surface area contributed by atoms with Gasteiger partial charge in [0.05, 0.1) is 0 Å². The molecule has 252 valence electrons. The summed E-state index contributed by atoms with van der Waals surface area (Å²) in [5.41, 5.74) is 9.09. The Bertz CT molecular complexity index is 1420. The number of anilines is 2. The molecule has 6 nitrogen and oxygen atoms in total. The standard InChI is InChI=1S/C27H29NO.C9H13N.C2H4.CH4O.2CH2O/c1-18-19(2)27(4,5)29-26-15-14-22(17-25(18)26)20(3)28-24-13-9-12-23(16-24)21-10-7-6-8-11-21;1-3-8-4-6-9(10-2)7-5-8;4*1-2/h6-19,28H,3H2,1-2,4-5H3;4-7,10H,3H2,1-2H3;1-2H2;2H,1H3;2*1H2/t18?,19-;;;;;/m0...../s1. The molecule has 0 spiro atoms. The predicted octanol–water partition coefficient (Wildman–Crippen LogP) is 9.68. The fraction of sp³-hybridized carbons (Fsp3) is 0.268. The third kappa shape index (κ3) is 12.4. The van der Waals surface area contributed by atoms with Crippen molar-refractivity contribution in [3.05, 3.63) is 133 Å². The van der Waals surface area contributed by atoms with Gasteiger partial charge in [-0.3, -0.25) is 0 Å². The van der Waals surface area contributed by atoms with Crippen molar-refractivity contribution in [2.24, 2.45) is 5.92 Å². The molecule has 1 aliphatic heterocycles. The van der Waals surface area contributed by atoms with E-state index in [1.807, 2.05) is 26.7 Å². The molecule has 0 bridgehead atoms. The van der Waals surface area contributed by atoms with Crippen molar-refractivity contribution >= 4 is 30.6 Å². The van der Waals surface area contributed by atoms with Crippen LogP contribution in [0.25, 0.3) is 16.8 Å². The lowest BCUT2D eigenvalue weighted by molar-refractivity contribution is -0.0987. The topological polar surface area (TPSA) is 87.7 Å². The van der Waals surface area contributed by atoms with Crippen LogP contribution in [0.5, 0.6) is 5.75 Å². The van der Waals surface area contributed by atoms with Crippen LogP contribution in [0.4, 0.5) is 11.4 Å². The number of rotatable bonds is 6. The summed E-state index contributed by atoms with van der Waals surface area (Å²) in [5, 5.41) is 13.6. The number of nitrogens with one attached hydrogen (secondary N) is 2. The van der Waals surface area contributed by atoms with Crippen LogP contribution in [0, 0.1) is 5.92 Å². The number of hydrogen-bond donors (Lipinski definition) is 3. The fourth-order valence-corrected chi connectivity index (χ4v) is 4.99. The minimum Gasteiger partial charge on any atom is -0.487 e. The van der Waals surface area contributed by atoms with E-state index in [0.717, 1.165) is 36.2 Å². The summed E-state index contributed by atoms with van der Waals surface area (Å²) in [6, 6.07) is 33.7. The summed E-state index contributed by atoms with van der Waals surface area (Å²) >= 11 is 0. The van der Waals surface area contributed by atoms with E-state index in [0.29, 0.717) is 11.8 Å². The molecule has 0 saturated carbocycles. The molecule has 47 heavy (non-hydrogen) atoms. The molecule has 0 radical (unpaired) electrons. The zero-order valence-corrected chi connectivity index (χ0v) is 29.3. The summed E-state index contributed by atoms with van der Waals surface area (Å²) in [5.74, 6) is 1.86. The van der Waals surface area contributed by atoms with E-state index in [1.165, 1.54) is 27.9 Å². The van der Waals surface area contributed by atoms with Gasteiger partial charge in [-0.1, -0.05) is 81.9 Å². The number of carbonyl (C=O) groups is 2. The van der Waals surface area contributed by atoms with E-state index in [-0.39, 0.29) is 5.60 Å². The summed E-state index contributed by atoms with van der Waals surface area (Å²) in [4.78, 5) is 16.0. The second-order valence-corrected chi connectivity index (χ2v) is 10.9. The highest BCUT2D eigenvalue weighted by molar-refractivity contribution is 5.78. The second-order valence-electron chi connectivity index (χ2n) is 10.9. The van der Waals surface area contributed by atoms with Gasteiger partial charge in [0.2, 0.25) is 0 Å². The Kier molecular flexibility index (Phi) is 20.2. The van der Waals surface area contributed by atoms with Crippen molar-refractivity contribution < 1.29 is 19.4 Å². The van der Waals surface area contributed by atoms with Crippen LogP contribution in [0.2, 0.25) is 0 Å². The van der Waals surface area contributed by atoms with Crippen molar-refractivity contribution in [2.45, 2.75) is 52.6 Å². The van der Waals surface area contributed by atoms with Gasteiger partial charge in [0.1, 0.15) is 24.9 Å². The Morgan fingerprint density at radius 1 is 0.787 bits per heavy atom. The quantitative estimate of drug-likeness (QED) is 0.182. The van der Waals surface area contributed by atoms with E-state index in [9.17, 15) is 0 Å². The van der Waals surface area contributed by atoms with Crippen LogP contribution in [-0.2, 0) is 16.0 Å². The monoisotopic (exact) mass is 638 g/mol. The largest absolute Gasteiger partial charge is 0.487 e. The maximum Gasteiger partial charge on any atom is 0.123 e. The Hall–Kier alpha value is -4.94. The number of aryl methyl sites for hydroxylation is 1. The molecule has 6 heteroatoms. The van der Waals surface area contributed by atoms with Gasteiger partial charge in [0.15, 0.2) is 0 Å². The van der Waals surface area contributed by atoms with Gasteiger partial charge in [-0.2, -0.15) is 0 Å². The number of aliphatic hydroxyl groups is 1. The summed E-state index contributed by atoms with van der Waals surface area (Å²) < 4.78 is 6.27. The summed E-state index contributed by atoms with van der Waals surface area (Å²) in [6.45, 7) is 25.4. The molecule has 3 N–H and O–H groups in total. The number of hydrogen-bond acceptors (Lipinski definition) is 6. The van der Waals surface area contributed by atoms with Crippen LogP contribution in [0.1, 0.15) is 57.2 Å². The van der Waals surface area contributed by atoms with Crippen molar-refractivity contribution in [2.75, 3.05) is 24.8 Å². The predicted molar refractivity (Wildman–Crippen MR) is 202 cm³/mol.